The molecule has 57 valence electrons. The molecule has 1 nitrogen and oxygen atoms in total. The maximum absolute atomic E-state index is 5.20. The first kappa shape index (κ1) is 7.86. The monoisotopic (exact) mass is 147 g/mol. The smallest absolute Gasteiger partial charge is 0.119 e. The van der Waals surface area contributed by atoms with Gasteiger partial charge in [-0.3, -0.25) is 0 Å². The summed E-state index contributed by atoms with van der Waals surface area (Å²) >= 11 is 0. The fraction of sp³-hybridized carbons (Fsp3) is 0.200. The summed E-state index contributed by atoms with van der Waals surface area (Å²) in [6.45, 7) is 6.35. The summed E-state index contributed by atoms with van der Waals surface area (Å²) in [5.41, 5.74) is 0.925. The van der Waals surface area contributed by atoms with Crippen LogP contribution in [0.15, 0.2) is 30.8 Å². The van der Waals surface area contributed by atoms with Crippen molar-refractivity contribution in [1.82, 2.24) is 0 Å². The van der Waals surface area contributed by atoms with E-state index in [0.29, 0.717) is 12.4 Å². The molecule has 0 heterocycles. The van der Waals surface area contributed by atoms with Gasteiger partial charge in [-0.25, -0.2) is 0 Å². The molecular formula is C10H11O. The Labute approximate surface area is 67.3 Å². The molecule has 0 saturated heterocycles. The van der Waals surface area contributed by atoms with Crippen LogP contribution in [0.4, 0.5) is 0 Å². The molecule has 1 aromatic carbocycles. The van der Waals surface area contributed by atoms with E-state index in [9.17, 15) is 0 Å². The standard InChI is InChI=1S/C10H11O/c1-3-11-9(2)10-7-5-4-6-8-10/h4-7H,2-3H2,1H3. The van der Waals surface area contributed by atoms with Crippen molar-refractivity contribution in [3.8, 4) is 0 Å². The van der Waals surface area contributed by atoms with Crippen LogP contribution in [0.5, 0.6) is 0 Å². The van der Waals surface area contributed by atoms with Crippen LogP contribution in [0.1, 0.15) is 12.5 Å². The molecule has 11 heavy (non-hydrogen) atoms. The zero-order valence-corrected chi connectivity index (χ0v) is 6.63. The van der Waals surface area contributed by atoms with Crippen molar-refractivity contribution in [2.45, 2.75) is 6.92 Å². The van der Waals surface area contributed by atoms with Crippen molar-refractivity contribution in [3.63, 3.8) is 0 Å². The summed E-state index contributed by atoms with van der Waals surface area (Å²) in [6, 6.07) is 10.7. The highest BCUT2D eigenvalue weighted by Crippen LogP contribution is 2.11. The number of hydrogen-bond donors (Lipinski definition) is 0. The van der Waals surface area contributed by atoms with Crippen LogP contribution in [-0.4, -0.2) is 6.61 Å². The van der Waals surface area contributed by atoms with E-state index in [-0.39, 0.29) is 0 Å². The van der Waals surface area contributed by atoms with Gasteiger partial charge in [0.1, 0.15) is 5.76 Å². The minimum Gasteiger partial charge on any atom is -0.494 e. The molecule has 0 aliphatic rings. The molecule has 0 unspecified atom stereocenters. The highest BCUT2D eigenvalue weighted by molar-refractivity contribution is 5.56. The third-order valence-corrected chi connectivity index (χ3v) is 1.33. The number of benzene rings is 1. The Kier molecular flexibility index (Phi) is 2.73. The third kappa shape index (κ3) is 2.11. The van der Waals surface area contributed by atoms with E-state index >= 15 is 0 Å². The van der Waals surface area contributed by atoms with Crippen molar-refractivity contribution in [3.05, 3.63) is 42.5 Å². The highest BCUT2D eigenvalue weighted by Gasteiger charge is 1.95. The molecule has 1 rings (SSSR count). The Bertz CT molecular complexity index is 226. The molecule has 0 N–H and O–H groups in total. The molecule has 0 atom stereocenters. The molecule has 0 saturated carbocycles. The fourth-order valence-corrected chi connectivity index (χ4v) is 0.819. The molecule has 0 spiro atoms. The topological polar surface area (TPSA) is 9.23 Å². The van der Waals surface area contributed by atoms with Gasteiger partial charge in [-0.05, 0) is 13.0 Å². The maximum atomic E-state index is 5.20. The minimum atomic E-state index is 0.654. The molecule has 1 aromatic rings. The van der Waals surface area contributed by atoms with E-state index in [1.807, 2.05) is 31.2 Å². The van der Waals surface area contributed by atoms with Crippen LogP contribution in [0.2, 0.25) is 0 Å². The van der Waals surface area contributed by atoms with E-state index < -0.39 is 0 Å². The van der Waals surface area contributed by atoms with Gasteiger partial charge in [-0.15, -0.1) is 0 Å². The van der Waals surface area contributed by atoms with E-state index in [1.54, 1.807) is 0 Å². The number of hydrogen-bond acceptors (Lipinski definition) is 1. The molecule has 0 aliphatic carbocycles. The Balaban J connectivity index is 2.69. The van der Waals surface area contributed by atoms with Gasteiger partial charge in [0.05, 0.1) is 6.61 Å². The zero-order chi connectivity index (χ0) is 8.10. The summed E-state index contributed by atoms with van der Waals surface area (Å²) in [7, 11) is 0. The lowest BCUT2D eigenvalue weighted by Gasteiger charge is -2.04. The summed E-state index contributed by atoms with van der Waals surface area (Å²) in [5, 5.41) is 0. The van der Waals surface area contributed by atoms with Gasteiger partial charge in [-0.2, -0.15) is 0 Å². The van der Waals surface area contributed by atoms with Gasteiger partial charge in [0.2, 0.25) is 0 Å². The van der Waals surface area contributed by atoms with Crippen LogP contribution in [0, 0.1) is 6.07 Å². The lowest BCUT2D eigenvalue weighted by molar-refractivity contribution is 0.299. The largest absolute Gasteiger partial charge is 0.494 e. The predicted octanol–water partition coefficient (Wildman–Crippen LogP) is 2.49. The van der Waals surface area contributed by atoms with Gasteiger partial charge in [0.25, 0.3) is 0 Å². The molecule has 0 aromatic heterocycles. The van der Waals surface area contributed by atoms with Crippen LogP contribution in [-0.2, 0) is 4.74 Å². The average Bonchev–Trinajstić information content (AvgIpc) is 2.07. The zero-order valence-electron chi connectivity index (χ0n) is 6.63. The quantitative estimate of drug-likeness (QED) is 0.597. The van der Waals surface area contributed by atoms with Gasteiger partial charge in [0.15, 0.2) is 0 Å². The van der Waals surface area contributed by atoms with Gasteiger partial charge in [0, 0.05) is 5.56 Å². The Morgan fingerprint density at radius 1 is 1.64 bits per heavy atom. The van der Waals surface area contributed by atoms with Crippen molar-refractivity contribution in [2.75, 3.05) is 6.61 Å². The summed E-state index contributed by atoms with van der Waals surface area (Å²) in [5.74, 6) is 0.688. The summed E-state index contributed by atoms with van der Waals surface area (Å²) in [4.78, 5) is 0. The molecule has 0 amide bonds. The van der Waals surface area contributed by atoms with Crippen LogP contribution < -0.4 is 0 Å². The maximum Gasteiger partial charge on any atom is 0.119 e. The van der Waals surface area contributed by atoms with Crippen LogP contribution in [0.25, 0.3) is 5.76 Å². The number of rotatable bonds is 3. The molecular weight excluding hydrogens is 136 g/mol. The second kappa shape index (κ2) is 3.81. The lowest BCUT2D eigenvalue weighted by atomic mass is 10.2. The van der Waals surface area contributed by atoms with Crippen molar-refractivity contribution in [1.29, 1.82) is 0 Å². The van der Waals surface area contributed by atoms with Crippen molar-refractivity contribution >= 4 is 5.76 Å². The second-order valence-electron chi connectivity index (χ2n) is 2.13. The second-order valence-corrected chi connectivity index (χ2v) is 2.13. The third-order valence-electron chi connectivity index (χ3n) is 1.33. The number of ether oxygens (including phenoxy) is 1. The molecule has 1 heteroatoms. The van der Waals surface area contributed by atoms with Gasteiger partial charge in [-0.1, -0.05) is 30.8 Å². The van der Waals surface area contributed by atoms with Crippen LogP contribution in [0.3, 0.4) is 0 Å². The predicted molar refractivity (Wildman–Crippen MR) is 45.9 cm³/mol. The first-order valence-corrected chi connectivity index (χ1v) is 3.63. The van der Waals surface area contributed by atoms with Crippen LogP contribution >= 0.6 is 0 Å². The Hall–Kier alpha value is -1.24. The van der Waals surface area contributed by atoms with E-state index in [0.717, 1.165) is 5.56 Å². The molecule has 1 radical (unpaired) electrons. The minimum absolute atomic E-state index is 0.654. The molecule has 0 aliphatic heterocycles. The first-order valence-electron chi connectivity index (χ1n) is 3.63. The Morgan fingerprint density at radius 2 is 2.45 bits per heavy atom. The Morgan fingerprint density at radius 3 is 3.00 bits per heavy atom. The van der Waals surface area contributed by atoms with Gasteiger partial charge >= 0.3 is 0 Å². The summed E-state index contributed by atoms with van der Waals surface area (Å²) < 4.78 is 5.20. The first-order chi connectivity index (χ1) is 5.34. The fourth-order valence-electron chi connectivity index (χ4n) is 0.819. The summed E-state index contributed by atoms with van der Waals surface area (Å²) in [6.07, 6.45) is 0. The van der Waals surface area contributed by atoms with Crippen molar-refractivity contribution in [2.24, 2.45) is 0 Å². The normalized spacial score (nSPS) is 9.18. The molecule has 0 bridgehead atoms. The van der Waals surface area contributed by atoms with E-state index in [1.165, 1.54) is 0 Å². The highest BCUT2D eigenvalue weighted by atomic mass is 16.5. The molecule has 0 fully saturated rings. The van der Waals surface area contributed by atoms with E-state index in [2.05, 4.69) is 12.6 Å². The average molecular weight is 147 g/mol. The van der Waals surface area contributed by atoms with Crippen molar-refractivity contribution < 1.29 is 4.74 Å². The SMILES string of the molecule is C=C(OCC)c1[c]cccc1. The van der Waals surface area contributed by atoms with Gasteiger partial charge < -0.3 is 4.74 Å². The lowest BCUT2D eigenvalue weighted by Crippen LogP contribution is -1.88. The van der Waals surface area contributed by atoms with E-state index in [4.69, 9.17) is 4.74 Å².